The Morgan fingerprint density at radius 1 is 1.10 bits per heavy atom. The number of pyridine rings is 1. The topological polar surface area (TPSA) is 91.3 Å². The molecular formula is C29H35FN6O2S. The third-order valence-electron chi connectivity index (χ3n) is 8.56. The van der Waals surface area contributed by atoms with Gasteiger partial charge in [-0.3, -0.25) is 0 Å². The fraction of sp³-hybridized carbons (Fsp3) is 0.483. The summed E-state index contributed by atoms with van der Waals surface area (Å²) >= 11 is 0. The van der Waals surface area contributed by atoms with Crippen LogP contribution in [0.1, 0.15) is 44.6 Å². The van der Waals surface area contributed by atoms with Gasteiger partial charge >= 0.3 is 0 Å². The second kappa shape index (κ2) is 9.43. The minimum absolute atomic E-state index is 0.125. The first-order valence-electron chi connectivity index (χ1n) is 13.5. The Morgan fingerprint density at radius 3 is 2.56 bits per heavy atom. The fourth-order valence-electron chi connectivity index (χ4n) is 6.23. The number of anilines is 4. The van der Waals surface area contributed by atoms with Gasteiger partial charge in [-0.25, -0.2) is 22.8 Å². The van der Waals surface area contributed by atoms with Gasteiger partial charge in [-0.1, -0.05) is 26.5 Å². The van der Waals surface area contributed by atoms with Crippen molar-refractivity contribution in [2.75, 3.05) is 47.6 Å². The summed E-state index contributed by atoms with van der Waals surface area (Å²) in [6, 6.07) is 8.22. The Balaban J connectivity index is 1.23. The van der Waals surface area contributed by atoms with Crippen LogP contribution in [0, 0.1) is 5.41 Å². The molecule has 4 heterocycles. The number of nitrogens with zero attached hydrogens (tertiary/aromatic N) is 5. The van der Waals surface area contributed by atoms with E-state index in [-0.39, 0.29) is 17.2 Å². The monoisotopic (exact) mass is 550 g/mol. The Kier molecular flexibility index (Phi) is 6.28. The van der Waals surface area contributed by atoms with E-state index in [2.05, 4.69) is 58.8 Å². The molecule has 2 saturated heterocycles. The van der Waals surface area contributed by atoms with Crippen LogP contribution in [0.4, 0.5) is 27.7 Å². The van der Waals surface area contributed by atoms with Crippen molar-refractivity contribution in [1.82, 2.24) is 15.0 Å². The minimum atomic E-state index is -2.96. The first kappa shape index (κ1) is 26.0. The van der Waals surface area contributed by atoms with E-state index in [4.69, 9.17) is 4.98 Å². The molecule has 2 aliphatic heterocycles. The quantitative estimate of drug-likeness (QED) is 0.429. The Morgan fingerprint density at radius 2 is 1.87 bits per heavy atom. The normalized spacial score (nSPS) is 21.4. The molecule has 1 saturated carbocycles. The van der Waals surface area contributed by atoms with E-state index in [9.17, 15) is 12.8 Å². The molecule has 0 bridgehead atoms. The van der Waals surface area contributed by atoms with Gasteiger partial charge in [-0.15, -0.1) is 0 Å². The van der Waals surface area contributed by atoms with Gasteiger partial charge in [0.15, 0.2) is 0 Å². The summed E-state index contributed by atoms with van der Waals surface area (Å²) in [7, 11) is -2.96. The van der Waals surface area contributed by atoms with Crippen molar-refractivity contribution in [3.05, 3.63) is 54.4 Å². The standard InChI is InChI=1S/C29H35FN6O2S/c1-18(2)21-5-6-25(36-16-29(17-36)12-20(13-29)39(4,37)38)23-14-32-27(11-22(21)23)33-26-7-9-31-28(34-26)35-10-8-19(3)24(30)15-35/h5-7,9,11,14,18,20,24H,3,8,10,12-13,15-17H2,1-2,4H3,(H,31,32,33,34)/t24-/m1/s1. The molecule has 6 rings (SSSR count). The third-order valence-corrected chi connectivity index (χ3v) is 10.1. The largest absolute Gasteiger partial charge is 0.370 e. The minimum Gasteiger partial charge on any atom is -0.370 e. The average Bonchev–Trinajstić information content (AvgIpc) is 2.83. The third kappa shape index (κ3) is 4.83. The maximum Gasteiger partial charge on any atom is 0.227 e. The van der Waals surface area contributed by atoms with Crippen LogP contribution in [0.25, 0.3) is 10.8 Å². The van der Waals surface area contributed by atoms with Crippen molar-refractivity contribution >= 4 is 43.9 Å². The van der Waals surface area contributed by atoms with E-state index < -0.39 is 16.0 Å². The number of hydrogen-bond donors (Lipinski definition) is 1. The average molecular weight is 551 g/mol. The van der Waals surface area contributed by atoms with E-state index >= 15 is 0 Å². The van der Waals surface area contributed by atoms with Crippen molar-refractivity contribution < 1.29 is 12.8 Å². The van der Waals surface area contributed by atoms with Gasteiger partial charge in [0.2, 0.25) is 5.95 Å². The molecule has 0 amide bonds. The van der Waals surface area contributed by atoms with Crippen LogP contribution in [-0.4, -0.2) is 67.2 Å². The highest BCUT2D eigenvalue weighted by Crippen LogP contribution is 2.52. The number of sulfone groups is 1. The van der Waals surface area contributed by atoms with Gasteiger partial charge in [0.05, 0.1) is 11.8 Å². The predicted molar refractivity (Wildman–Crippen MR) is 155 cm³/mol. The molecule has 1 atom stereocenters. The van der Waals surface area contributed by atoms with Crippen LogP contribution < -0.4 is 15.1 Å². The molecule has 3 fully saturated rings. The molecule has 10 heteroatoms. The lowest BCUT2D eigenvalue weighted by atomic mass is 9.63. The molecule has 3 aliphatic rings. The molecule has 0 unspecified atom stereocenters. The van der Waals surface area contributed by atoms with Crippen LogP contribution in [-0.2, 0) is 9.84 Å². The van der Waals surface area contributed by atoms with Gasteiger partial charge in [0.25, 0.3) is 0 Å². The van der Waals surface area contributed by atoms with E-state index in [0.717, 1.165) is 42.4 Å². The number of benzene rings is 1. The highest BCUT2D eigenvalue weighted by Gasteiger charge is 2.55. The van der Waals surface area contributed by atoms with Crippen LogP contribution in [0.3, 0.4) is 0 Å². The molecule has 1 spiro atoms. The second-order valence-electron chi connectivity index (χ2n) is 11.8. The van der Waals surface area contributed by atoms with Crippen LogP contribution in [0.5, 0.6) is 0 Å². The first-order valence-corrected chi connectivity index (χ1v) is 15.5. The summed E-state index contributed by atoms with van der Waals surface area (Å²) in [5.74, 6) is 2.09. The number of halogens is 1. The molecular weight excluding hydrogens is 515 g/mol. The number of rotatable bonds is 6. The van der Waals surface area contributed by atoms with Gasteiger partial charge in [0, 0.05) is 54.8 Å². The van der Waals surface area contributed by atoms with Crippen molar-refractivity contribution in [2.45, 2.75) is 50.4 Å². The van der Waals surface area contributed by atoms with E-state index in [1.54, 1.807) is 12.3 Å². The summed E-state index contributed by atoms with van der Waals surface area (Å²) in [5, 5.41) is 5.35. The van der Waals surface area contributed by atoms with Crippen molar-refractivity contribution in [3.8, 4) is 0 Å². The number of piperidine rings is 1. The molecule has 0 radical (unpaired) electrons. The molecule has 1 N–H and O–H groups in total. The first-order chi connectivity index (χ1) is 18.5. The van der Waals surface area contributed by atoms with Gasteiger partial charge < -0.3 is 15.1 Å². The van der Waals surface area contributed by atoms with Crippen molar-refractivity contribution in [3.63, 3.8) is 0 Å². The molecule has 1 aromatic carbocycles. The Bertz CT molecular complexity index is 1540. The lowest BCUT2D eigenvalue weighted by molar-refractivity contribution is 0.0948. The zero-order valence-corrected chi connectivity index (χ0v) is 23.5. The van der Waals surface area contributed by atoms with E-state index in [0.29, 0.717) is 42.0 Å². The predicted octanol–water partition coefficient (Wildman–Crippen LogP) is 5.01. The second-order valence-corrected chi connectivity index (χ2v) is 14.2. The Labute approximate surface area is 229 Å². The summed E-state index contributed by atoms with van der Waals surface area (Å²) in [6.07, 6.45) is 5.97. The lowest BCUT2D eigenvalue weighted by Gasteiger charge is -2.59. The number of alkyl halides is 1. The summed E-state index contributed by atoms with van der Waals surface area (Å²) in [4.78, 5) is 17.9. The van der Waals surface area contributed by atoms with E-state index in [1.165, 1.54) is 11.8 Å². The lowest BCUT2D eigenvalue weighted by Crippen LogP contribution is -2.65. The number of aromatic nitrogens is 3. The van der Waals surface area contributed by atoms with Crippen LogP contribution >= 0.6 is 0 Å². The molecule has 8 nitrogen and oxygen atoms in total. The SMILES string of the molecule is C=C1CCN(c2nccc(Nc3cc4c(C(C)C)ccc(N5CC6(CC(S(C)(=O)=O)C6)C5)c4cn3)n2)C[C@H]1F. The number of fused-ring (bicyclic) bond motifs is 1. The van der Waals surface area contributed by atoms with Gasteiger partial charge in [-0.05, 0) is 59.9 Å². The number of nitrogens with one attached hydrogen (secondary N) is 1. The van der Waals surface area contributed by atoms with Gasteiger partial charge in [-0.2, -0.15) is 4.98 Å². The van der Waals surface area contributed by atoms with Crippen molar-refractivity contribution in [1.29, 1.82) is 0 Å². The highest BCUT2D eigenvalue weighted by atomic mass is 32.2. The summed E-state index contributed by atoms with van der Waals surface area (Å²) in [6.45, 7) is 10.8. The highest BCUT2D eigenvalue weighted by molar-refractivity contribution is 7.91. The van der Waals surface area contributed by atoms with Crippen LogP contribution in [0.2, 0.25) is 0 Å². The van der Waals surface area contributed by atoms with Crippen LogP contribution in [0.15, 0.2) is 48.8 Å². The fourth-order valence-corrected chi connectivity index (χ4v) is 7.54. The molecule has 206 valence electrons. The summed E-state index contributed by atoms with van der Waals surface area (Å²) in [5.41, 5.74) is 3.13. The van der Waals surface area contributed by atoms with Crippen molar-refractivity contribution in [2.24, 2.45) is 5.41 Å². The molecule has 1 aliphatic carbocycles. The summed E-state index contributed by atoms with van der Waals surface area (Å²) < 4.78 is 38.0. The van der Waals surface area contributed by atoms with Gasteiger partial charge in [0.1, 0.15) is 27.6 Å². The van der Waals surface area contributed by atoms with E-state index in [1.807, 2.05) is 11.1 Å². The molecule has 2 aromatic heterocycles. The smallest absolute Gasteiger partial charge is 0.227 e. The zero-order chi connectivity index (χ0) is 27.5. The number of hydrogen-bond acceptors (Lipinski definition) is 8. The molecule has 39 heavy (non-hydrogen) atoms. The maximum absolute atomic E-state index is 14.2. The maximum atomic E-state index is 14.2. The Hall–Kier alpha value is -3.27. The molecule has 3 aromatic rings. The zero-order valence-electron chi connectivity index (χ0n) is 22.7.